The van der Waals surface area contributed by atoms with E-state index in [4.69, 9.17) is 10.2 Å². The van der Waals surface area contributed by atoms with Crippen LogP contribution in [-0.2, 0) is 6.54 Å². The Labute approximate surface area is 119 Å². The first-order valence-electron chi connectivity index (χ1n) is 6.64. The highest BCUT2D eigenvalue weighted by Crippen LogP contribution is 2.21. The van der Waals surface area contributed by atoms with E-state index in [1.807, 2.05) is 26.0 Å². The maximum absolute atomic E-state index is 12.4. The van der Waals surface area contributed by atoms with E-state index in [-0.39, 0.29) is 11.9 Å². The summed E-state index contributed by atoms with van der Waals surface area (Å²) in [6, 6.07) is 9.89. The van der Waals surface area contributed by atoms with Gasteiger partial charge in [-0.25, -0.2) is 0 Å². The van der Waals surface area contributed by atoms with Crippen molar-refractivity contribution in [1.29, 1.82) is 0 Å². The highest BCUT2D eigenvalue weighted by Gasteiger charge is 2.20. The number of carbonyl (C=O) groups is 1. The lowest BCUT2D eigenvalue weighted by molar-refractivity contribution is 0.0742. The van der Waals surface area contributed by atoms with Crippen molar-refractivity contribution in [3.05, 3.63) is 59.0 Å². The van der Waals surface area contributed by atoms with Crippen molar-refractivity contribution in [2.45, 2.75) is 26.4 Å². The molecule has 4 heteroatoms. The number of hydrogen-bond acceptors (Lipinski definition) is 3. The number of nitrogens with two attached hydrogens (primary N) is 1. The Bertz CT molecular complexity index is 587. The van der Waals surface area contributed by atoms with Gasteiger partial charge in [0.2, 0.25) is 0 Å². The van der Waals surface area contributed by atoms with Crippen LogP contribution in [0.1, 0.15) is 40.2 Å². The molecule has 1 aromatic heterocycles. The zero-order valence-electron chi connectivity index (χ0n) is 12.1. The highest BCUT2D eigenvalue weighted by molar-refractivity contribution is 5.94. The second-order valence-corrected chi connectivity index (χ2v) is 5.01. The Kier molecular flexibility index (Phi) is 4.25. The van der Waals surface area contributed by atoms with Gasteiger partial charge in [0.25, 0.3) is 5.91 Å². The van der Waals surface area contributed by atoms with Crippen molar-refractivity contribution in [2.24, 2.45) is 5.73 Å². The van der Waals surface area contributed by atoms with Crippen molar-refractivity contribution in [3.8, 4) is 0 Å². The minimum absolute atomic E-state index is 0.000624. The molecule has 1 unspecified atom stereocenters. The molecule has 1 heterocycles. The van der Waals surface area contributed by atoms with Crippen LogP contribution in [0.15, 0.2) is 41.0 Å². The quantitative estimate of drug-likeness (QED) is 0.931. The Morgan fingerprint density at radius 1 is 1.35 bits per heavy atom. The first kappa shape index (κ1) is 14.3. The predicted octanol–water partition coefficient (Wildman–Crippen LogP) is 2.88. The summed E-state index contributed by atoms with van der Waals surface area (Å²) in [4.78, 5) is 14.1. The van der Waals surface area contributed by atoms with Crippen LogP contribution in [0.5, 0.6) is 0 Å². The molecule has 0 spiro atoms. The van der Waals surface area contributed by atoms with Gasteiger partial charge in [0.05, 0.1) is 18.2 Å². The first-order chi connectivity index (χ1) is 9.52. The summed E-state index contributed by atoms with van der Waals surface area (Å²) in [7, 11) is 1.79. The molecule has 0 radical (unpaired) electrons. The monoisotopic (exact) mass is 272 g/mol. The van der Waals surface area contributed by atoms with E-state index in [2.05, 4.69) is 12.1 Å². The second-order valence-electron chi connectivity index (χ2n) is 5.01. The van der Waals surface area contributed by atoms with Gasteiger partial charge in [0, 0.05) is 7.05 Å². The van der Waals surface area contributed by atoms with Gasteiger partial charge in [-0.2, -0.15) is 0 Å². The molecule has 106 valence electrons. The highest BCUT2D eigenvalue weighted by atomic mass is 16.3. The van der Waals surface area contributed by atoms with E-state index >= 15 is 0 Å². The van der Waals surface area contributed by atoms with Gasteiger partial charge in [-0.15, -0.1) is 0 Å². The molecule has 1 aromatic carbocycles. The summed E-state index contributed by atoms with van der Waals surface area (Å²) >= 11 is 0. The minimum Gasteiger partial charge on any atom is -0.467 e. The van der Waals surface area contributed by atoms with E-state index in [9.17, 15) is 4.79 Å². The molecule has 0 saturated carbocycles. The zero-order valence-corrected chi connectivity index (χ0v) is 12.1. The topological polar surface area (TPSA) is 59.5 Å². The van der Waals surface area contributed by atoms with Crippen molar-refractivity contribution in [3.63, 3.8) is 0 Å². The van der Waals surface area contributed by atoms with Gasteiger partial charge in [0.15, 0.2) is 0 Å². The third-order valence-electron chi connectivity index (χ3n) is 3.56. The van der Waals surface area contributed by atoms with Crippen LogP contribution in [0, 0.1) is 6.92 Å². The van der Waals surface area contributed by atoms with Crippen LogP contribution in [0.2, 0.25) is 0 Å². The van der Waals surface area contributed by atoms with Crippen molar-refractivity contribution >= 4 is 5.91 Å². The largest absolute Gasteiger partial charge is 0.467 e. The summed E-state index contributed by atoms with van der Waals surface area (Å²) in [6.07, 6.45) is 1.46. The Balaban J connectivity index is 2.15. The van der Waals surface area contributed by atoms with E-state index in [1.54, 1.807) is 18.0 Å². The molecule has 20 heavy (non-hydrogen) atoms. The van der Waals surface area contributed by atoms with Crippen LogP contribution in [0.25, 0.3) is 0 Å². The second kappa shape index (κ2) is 5.92. The average Bonchev–Trinajstić information content (AvgIpc) is 2.94. The molecule has 0 saturated heterocycles. The number of hydrogen-bond donors (Lipinski definition) is 1. The number of nitrogens with zero attached hydrogens (tertiary/aromatic N) is 1. The van der Waals surface area contributed by atoms with Gasteiger partial charge >= 0.3 is 0 Å². The average molecular weight is 272 g/mol. The molecule has 0 fully saturated rings. The van der Waals surface area contributed by atoms with Crippen molar-refractivity contribution in [1.82, 2.24) is 4.90 Å². The SMILES string of the molecule is Cc1ccc(C(C)N(C)C(=O)c2coc(CN)c2)cc1. The molecule has 1 atom stereocenters. The van der Waals surface area contributed by atoms with Gasteiger partial charge in [0.1, 0.15) is 12.0 Å². The number of furan rings is 1. The van der Waals surface area contributed by atoms with E-state index < -0.39 is 0 Å². The fourth-order valence-electron chi connectivity index (χ4n) is 2.05. The molecule has 0 bridgehead atoms. The van der Waals surface area contributed by atoms with Crippen LogP contribution in [0.4, 0.5) is 0 Å². The standard InChI is InChI=1S/C16H20N2O2/c1-11-4-6-13(7-5-11)12(2)18(3)16(19)14-8-15(9-17)20-10-14/h4-8,10,12H,9,17H2,1-3H3. The molecule has 4 nitrogen and oxygen atoms in total. The molecular weight excluding hydrogens is 252 g/mol. The number of aryl methyl sites for hydroxylation is 1. The smallest absolute Gasteiger partial charge is 0.257 e. The van der Waals surface area contributed by atoms with Gasteiger partial charge in [-0.1, -0.05) is 29.8 Å². The van der Waals surface area contributed by atoms with Crippen molar-refractivity contribution < 1.29 is 9.21 Å². The van der Waals surface area contributed by atoms with E-state index in [1.165, 1.54) is 11.8 Å². The van der Waals surface area contributed by atoms with Crippen LogP contribution < -0.4 is 5.73 Å². The Hall–Kier alpha value is -2.07. The Morgan fingerprint density at radius 3 is 2.55 bits per heavy atom. The number of amides is 1. The molecule has 2 aromatic rings. The van der Waals surface area contributed by atoms with Crippen molar-refractivity contribution in [2.75, 3.05) is 7.05 Å². The summed E-state index contributed by atoms with van der Waals surface area (Å²) in [5, 5.41) is 0. The number of carbonyl (C=O) groups excluding carboxylic acids is 1. The number of rotatable bonds is 4. The van der Waals surface area contributed by atoms with Gasteiger partial charge in [-0.05, 0) is 25.5 Å². The molecule has 1 amide bonds. The van der Waals surface area contributed by atoms with Crippen LogP contribution in [-0.4, -0.2) is 17.9 Å². The normalized spacial score (nSPS) is 12.2. The van der Waals surface area contributed by atoms with Crippen LogP contribution in [0.3, 0.4) is 0 Å². The minimum atomic E-state index is -0.0680. The number of benzene rings is 1. The fraction of sp³-hybridized carbons (Fsp3) is 0.312. The lowest BCUT2D eigenvalue weighted by atomic mass is 10.1. The van der Waals surface area contributed by atoms with Crippen LogP contribution >= 0.6 is 0 Å². The lowest BCUT2D eigenvalue weighted by Gasteiger charge is -2.25. The molecule has 2 rings (SSSR count). The molecule has 2 N–H and O–H groups in total. The molecule has 0 aliphatic heterocycles. The maximum atomic E-state index is 12.4. The molecule has 0 aliphatic rings. The van der Waals surface area contributed by atoms with Gasteiger partial charge in [-0.3, -0.25) is 4.79 Å². The first-order valence-corrected chi connectivity index (χ1v) is 6.64. The molecule has 0 aliphatic carbocycles. The summed E-state index contributed by atoms with van der Waals surface area (Å²) in [5.41, 5.74) is 8.33. The van der Waals surface area contributed by atoms with Gasteiger partial charge < -0.3 is 15.1 Å². The zero-order chi connectivity index (χ0) is 14.7. The third kappa shape index (κ3) is 2.91. The molecular formula is C16H20N2O2. The van der Waals surface area contributed by atoms with E-state index in [0.29, 0.717) is 17.9 Å². The summed E-state index contributed by atoms with van der Waals surface area (Å²) in [6.45, 7) is 4.35. The Morgan fingerprint density at radius 2 is 2.00 bits per heavy atom. The third-order valence-corrected chi connectivity index (χ3v) is 3.56. The lowest BCUT2D eigenvalue weighted by Crippen LogP contribution is -2.29. The predicted molar refractivity (Wildman–Crippen MR) is 78.3 cm³/mol. The fourth-order valence-corrected chi connectivity index (χ4v) is 2.05. The summed E-state index contributed by atoms with van der Waals surface area (Å²) in [5.74, 6) is 0.547. The van der Waals surface area contributed by atoms with E-state index in [0.717, 1.165) is 5.56 Å². The summed E-state index contributed by atoms with van der Waals surface area (Å²) < 4.78 is 5.21. The maximum Gasteiger partial charge on any atom is 0.257 e.